The molecule has 4 nitrogen and oxygen atoms in total. The minimum Gasteiger partial charge on any atom is -0.353 e. The molecule has 26 heavy (non-hydrogen) atoms. The first kappa shape index (κ1) is 19.4. The molecule has 0 bridgehead atoms. The second-order valence-electron chi connectivity index (χ2n) is 7.96. The summed E-state index contributed by atoms with van der Waals surface area (Å²) in [6, 6.07) is 11.0. The van der Waals surface area contributed by atoms with Crippen molar-refractivity contribution in [2.24, 2.45) is 0 Å². The van der Waals surface area contributed by atoms with Crippen LogP contribution in [0, 0.1) is 0 Å². The van der Waals surface area contributed by atoms with Gasteiger partial charge in [0.15, 0.2) is 0 Å². The van der Waals surface area contributed by atoms with Crippen molar-refractivity contribution in [3.63, 3.8) is 0 Å². The van der Waals surface area contributed by atoms with Crippen LogP contribution in [-0.2, 0) is 11.3 Å². The zero-order valence-corrected chi connectivity index (χ0v) is 16.2. The van der Waals surface area contributed by atoms with Gasteiger partial charge < -0.3 is 10.2 Å². The van der Waals surface area contributed by atoms with Crippen LogP contribution < -0.4 is 5.32 Å². The monoisotopic (exact) mass is 357 g/mol. The Labute approximate surface area is 158 Å². The maximum absolute atomic E-state index is 12.3. The van der Waals surface area contributed by atoms with E-state index in [9.17, 15) is 4.79 Å². The molecule has 1 N–H and O–H groups in total. The third-order valence-electron chi connectivity index (χ3n) is 5.81. The molecule has 2 saturated heterocycles. The van der Waals surface area contributed by atoms with Crippen molar-refractivity contribution < 1.29 is 4.79 Å². The van der Waals surface area contributed by atoms with Crippen molar-refractivity contribution in [3.05, 3.63) is 35.9 Å². The topological polar surface area (TPSA) is 35.6 Å². The number of hydrogen-bond acceptors (Lipinski definition) is 3. The van der Waals surface area contributed by atoms with Crippen LogP contribution in [0.2, 0.25) is 0 Å². The summed E-state index contributed by atoms with van der Waals surface area (Å²) in [6.07, 6.45) is 9.48. The highest BCUT2D eigenvalue weighted by Gasteiger charge is 2.21. The lowest BCUT2D eigenvalue weighted by atomic mass is 10.0. The third-order valence-corrected chi connectivity index (χ3v) is 5.81. The molecule has 0 saturated carbocycles. The van der Waals surface area contributed by atoms with Crippen LogP contribution in [-0.4, -0.2) is 54.5 Å². The van der Waals surface area contributed by atoms with E-state index in [0.717, 1.165) is 39.0 Å². The summed E-state index contributed by atoms with van der Waals surface area (Å²) in [5.41, 5.74) is 1.38. The molecule has 0 unspecified atom stereocenters. The molecule has 1 aromatic carbocycles. The van der Waals surface area contributed by atoms with Gasteiger partial charge in [0.1, 0.15) is 0 Å². The fourth-order valence-corrected chi connectivity index (χ4v) is 4.17. The average molecular weight is 358 g/mol. The molecule has 0 spiro atoms. The van der Waals surface area contributed by atoms with E-state index in [1.807, 2.05) is 0 Å². The molecule has 2 heterocycles. The van der Waals surface area contributed by atoms with E-state index < -0.39 is 0 Å². The van der Waals surface area contributed by atoms with Gasteiger partial charge in [0.2, 0.25) is 5.91 Å². The third kappa shape index (κ3) is 6.73. The van der Waals surface area contributed by atoms with E-state index >= 15 is 0 Å². The van der Waals surface area contributed by atoms with Gasteiger partial charge >= 0.3 is 0 Å². The van der Waals surface area contributed by atoms with Crippen LogP contribution in [0.5, 0.6) is 0 Å². The number of rotatable bonds is 6. The Morgan fingerprint density at radius 3 is 2.23 bits per heavy atom. The van der Waals surface area contributed by atoms with Crippen LogP contribution in [0.25, 0.3) is 0 Å². The number of likely N-dealkylation sites (tertiary alicyclic amines) is 2. The first-order valence-corrected chi connectivity index (χ1v) is 10.6. The van der Waals surface area contributed by atoms with Crippen LogP contribution in [0.4, 0.5) is 0 Å². The van der Waals surface area contributed by atoms with Crippen LogP contribution in [0.15, 0.2) is 30.3 Å². The van der Waals surface area contributed by atoms with Crippen molar-refractivity contribution in [1.82, 2.24) is 15.1 Å². The summed E-state index contributed by atoms with van der Waals surface area (Å²) in [5.74, 6) is 0.244. The summed E-state index contributed by atoms with van der Waals surface area (Å²) >= 11 is 0. The van der Waals surface area contributed by atoms with Gasteiger partial charge in [-0.05, 0) is 44.3 Å². The summed E-state index contributed by atoms with van der Waals surface area (Å²) in [4.78, 5) is 17.3. The minimum atomic E-state index is 0.244. The van der Waals surface area contributed by atoms with Crippen LogP contribution in [0.3, 0.4) is 0 Å². The maximum atomic E-state index is 12.3. The van der Waals surface area contributed by atoms with Crippen molar-refractivity contribution in [1.29, 1.82) is 0 Å². The van der Waals surface area contributed by atoms with Gasteiger partial charge in [0.25, 0.3) is 0 Å². The first-order chi connectivity index (χ1) is 12.8. The minimum absolute atomic E-state index is 0.244. The largest absolute Gasteiger partial charge is 0.353 e. The molecule has 3 rings (SSSR count). The summed E-state index contributed by atoms with van der Waals surface area (Å²) in [6.45, 7) is 6.45. The van der Waals surface area contributed by atoms with E-state index in [2.05, 4.69) is 45.4 Å². The molecular formula is C22H35N3O. The van der Waals surface area contributed by atoms with E-state index in [0.29, 0.717) is 12.5 Å². The molecule has 0 aromatic heterocycles. The summed E-state index contributed by atoms with van der Waals surface area (Å²) in [7, 11) is 0. The van der Waals surface area contributed by atoms with Crippen LogP contribution >= 0.6 is 0 Å². The lowest BCUT2D eigenvalue weighted by molar-refractivity contribution is -0.122. The normalized spacial score (nSPS) is 21.1. The van der Waals surface area contributed by atoms with Crippen molar-refractivity contribution in [3.8, 4) is 0 Å². The smallest absolute Gasteiger partial charge is 0.221 e. The number of carbonyl (C=O) groups excluding carboxylic acids is 1. The predicted molar refractivity (Wildman–Crippen MR) is 107 cm³/mol. The maximum Gasteiger partial charge on any atom is 0.221 e. The first-order valence-electron chi connectivity index (χ1n) is 10.6. The average Bonchev–Trinajstić information content (AvgIpc) is 2.63. The highest BCUT2D eigenvalue weighted by atomic mass is 16.1. The molecule has 2 aliphatic rings. The van der Waals surface area contributed by atoms with E-state index in [1.165, 1.54) is 50.8 Å². The molecule has 0 aliphatic carbocycles. The summed E-state index contributed by atoms with van der Waals surface area (Å²) in [5, 5.41) is 3.28. The quantitative estimate of drug-likeness (QED) is 0.847. The predicted octanol–water partition coefficient (Wildman–Crippen LogP) is 3.42. The fraction of sp³-hybridized carbons (Fsp3) is 0.682. The molecule has 0 atom stereocenters. The number of benzene rings is 1. The van der Waals surface area contributed by atoms with Crippen molar-refractivity contribution >= 4 is 5.91 Å². The molecule has 1 amide bonds. The van der Waals surface area contributed by atoms with E-state index in [4.69, 9.17) is 0 Å². The number of hydrogen-bond donors (Lipinski definition) is 1. The Hall–Kier alpha value is -1.39. The SMILES string of the molecule is O=C(CCN1CCCCCCC1)NC1CCN(Cc2ccccc2)CC1. The lowest BCUT2D eigenvalue weighted by Gasteiger charge is -2.32. The lowest BCUT2D eigenvalue weighted by Crippen LogP contribution is -2.45. The molecule has 2 aliphatic heterocycles. The number of piperidine rings is 1. The fourth-order valence-electron chi connectivity index (χ4n) is 4.17. The zero-order chi connectivity index (χ0) is 18.0. The van der Waals surface area contributed by atoms with Gasteiger partial charge in [-0.25, -0.2) is 0 Å². The molecule has 144 valence electrons. The Morgan fingerprint density at radius 1 is 0.885 bits per heavy atom. The van der Waals surface area contributed by atoms with Gasteiger partial charge in [-0.2, -0.15) is 0 Å². The Kier molecular flexibility index (Phi) is 7.96. The van der Waals surface area contributed by atoms with E-state index in [-0.39, 0.29) is 5.91 Å². The van der Waals surface area contributed by atoms with Crippen LogP contribution in [0.1, 0.15) is 56.9 Å². The van der Waals surface area contributed by atoms with E-state index in [1.54, 1.807) is 0 Å². The molecule has 2 fully saturated rings. The highest BCUT2D eigenvalue weighted by molar-refractivity contribution is 5.76. The van der Waals surface area contributed by atoms with Crippen molar-refractivity contribution in [2.45, 2.75) is 64.0 Å². The second-order valence-corrected chi connectivity index (χ2v) is 7.96. The number of amides is 1. The molecule has 0 radical (unpaired) electrons. The van der Waals surface area contributed by atoms with Gasteiger partial charge in [-0.3, -0.25) is 9.69 Å². The van der Waals surface area contributed by atoms with Crippen molar-refractivity contribution in [2.75, 3.05) is 32.7 Å². The Morgan fingerprint density at radius 2 is 1.54 bits per heavy atom. The second kappa shape index (κ2) is 10.7. The van der Waals surface area contributed by atoms with Gasteiger partial charge in [0.05, 0.1) is 0 Å². The molecule has 4 heteroatoms. The number of carbonyl (C=O) groups is 1. The van der Waals surface area contributed by atoms with Gasteiger partial charge in [-0.1, -0.05) is 49.6 Å². The number of nitrogens with zero attached hydrogens (tertiary/aromatic N) is 2. The number of nitrogens with one attached hydrogen (secondary N) is 1. The standard InChI is InChI=1S/C22H35N3O/c26-22(13-18-24-14-7-2-1-3-8-15-24)23-21-11-16-25(17-12-21)19-20-9-5-4-6-10-20/h4-6,9-10,21H,1-3,7-8,11-19H2,(H,23,26). The highest BCUT2D eigenvalue weighted by Crippen LogP contribution is 2.14. The Bertz CT molecular complexity index is 517. The summed E-state index contributed by atoms with van der Waals surface area (Å²) < 4.78 is 0. The Balaban J connectivity index is 1.31. The zero-order valence-electron chi connectivity index (χ0n) is 16.2. The molecular weight excluding hydrogens is 322 g/mol. The van der Waals surface area contributed by atoms with Gasteiger partial charge in [-0.15, -0.1) is 0 Å². The van der Waals surface area contributed by atoms with Gasteiger partial charge in [0, 0.05) is 38.6 Å². The molecule has 1 aromatic rings.